The molecule has 0 saturated heterocycles. The van der Waals surface area contributed by atoms with Crippen LogP contribution >= 0.6 is 0 Å². The molecule has 0 heterocycles. The van der Waals surface area contributed by atoms with Gasteiger partial charge >= 0.3 is 0 Å². The third-order valence-corrected chi connectivity index (χ3v) is 2.53. The van der Waals surface area contributed by atoms with Gasteiger partial charge in [-0.15, -0.1) is 0 Å². The largest absolute Gasteiger partial charge is 0.383 e. The summed E-state index contributed by atoms with van der Waals surface area (Å²) in [6, 6.07) is 8.45. The normalized spacial score (nSPS) is 10.5. The molecule has 0 aliphatic heterocycles. The van der Waals surface area contributed by atoms with E-state index in [1.165, 1.54) is 17.7 Å². The lowest BCUT2D eigenvalue weighted by molar-refractivity contribution is 0.0759. The molecule has 1 aromatic carbocycles. The minimum Gasteiger partial charge on any atom is -0.383 e. The van der Waals surface area contributed by atoms with Gasteiger partial charge in [0.05, 0.1) is 19.8 Å². The predicted molar refractivity (Wildman–Crippen MR) is 71.6 cm³/mol. The standard InChI is InChI=1S/C14H23NO2/c1-3-6-13-7-4-5-8-14(13)15-9-10-17-12-11-16-2/h4-5,7-8,15H,3,6,9-12H2,1-2H3. The van der Waals surface area contributed by atoms with Crippen LogP contribution in [0.15, 0.2) is 24.3 Å². The van der Waals surface area contributed by atoms with Crippen molar-refractivity contribution in [3.8, 4) is 0 Å². The number of hydrogen-bond acceptors (Lipinski definition) is 3. The number of rotatable bonds is 9. The van der Waals surface area contributed by atoms with Gasteiger partial charge in [0.2, 0.25) is 0 Å². The van der Waals surface area contributed by atoms with Gasteiger partial charge in [-0.2, -0.15) is 0 Å². The van der Waals surface area contributed by atoms with Crippen molar-refractivity contribution in [2.75, 3.05) is 38.8 Å². The van der Waals surface area contributed by atoms with E-state index in [2.05, 4.69) is 36.5 Å². The summed E-state index contributed by atoms with van der Waals surface area (Å²) in [5, 5.41) is 3.41. The van der Waals surface area contributed by atoms with E-state index in [1.54, 1.807) is 7.11 Å². The molecule has 0 spiro atoms. The summed E-state index contributed by atoms with van der Waals surface area (Å²) < 4.78 is 10.3. The summed E-state index contributed by atoms with van der Waals surface area (Å²) in [5.74, 6) is 0. The Kier molecular flexibility index (Phi) is 7.43. The summed E-state index contributed by atoms with van der Waals surface area (Å²) in [4.78, 5) is 0. The Bertz CT molecular complexity index is 302. The fraction of sp³-hybridized carbons (Fsp3) is 0.571. The number of hydrogen-bond donors (Lipinski definition) is 1. The average Bonchev–Trinajstić information content (AvgIpc) is 2.36. The lowest BCUT2D eigenvalue weighted by Crippen LogP contribution is -2.12. The van der Waals surface area contributed by atoms with Gasteiger partial charge in [-0.3, -0.25) is 0 Å². The molecule has 0 atom stereocenters. The van der Waals surface area contributed by atoms with E-state index in [1.807, 2.05) is 0 Å². The minimum atomic E-state index is 0.659. The molecule has 0 aliphatic rings. The van der Waals surface area contributed by atoms with Crippen LogP contribution in [0.3, 0.4) is 0 Å². The van der Waals surface area contributed by atoms with Crippen molar-refractivity contribution >= 4 is 5.69 Å². The van der Waals surface area contributed by atoms with Crippen molar-refractivity contribution < 1.29 is 9.47 Å². The molecule has 0 radical (unpaired) electrons. The van der Waals surface area contributed by atoms with Crippen LogP contribution in [0.25, 0.3) is 0 Å². The van der Waals surface area contributed by atoms with Gasteiger partial charge < -0.3 is 14.8 Å². The highest BCUT2D eigenvalue weighted by Crippen LogP contribution is 2.16. The molecule has 1 aromatic rings. The minimum absolute atomic E-state index is 0.659. The molecule has 0 aliphatic carbocycles. The Hall–Kier alpha value is -1.06. The zero-order valence-electron chi connectivity index (χ0n) is 10.9. The smallest absolute Gasteiger partial charge is 0.0701 e. The summed E-state index contributed by atoms with van der Waals surface area (Å²) in [7, 11) is 1.68. The maximum absolute atomic E-state index is 5.41. The fourth-order valence-electron chi connectivity index (χ4n) is 1.68. The van der Waals surface area contributed by atoms with Crippen LogP contribution < -0.4 is 5.32 Å². The topological polar surface area (TPSA) is 30.5 Å². The number of aryl methyl sites for hydroxylation is 1. The molecule has 0 fully saturated rings. The molecule has 3 nitrogen and oxygen atoms in total. The predicted octanol–water partition coefficient (Wildman–Crippen LogP) is 2.71. The SMILES string of the molecule is CCCc1ccccc1NCCOCCOC. The number of benzene rings is 1. The van der Waals surface area contributed by atoms with E-state index >= 15 is 0 Å². The van der Waals surface area contributed by atoms with Crippen LogP contribution in [0.2, 0.25) is 0 Å². The Morgan fingerprint density at radius 1 is 1.12 bits per heavy atom. The van der Waals surface area contributed by atoms with Crippen molar-refractivity contribution in [3.05, 3.63) is 29.8 Å². The van der Waals surface area contributed by atoms with Crippen LogP contribution in [0.4, 0.5) is 5.69 Å². The maximum Gasteiger partial charge on any atom is 0.0701 e. The molecule has 0 amide bonds. The van der Waals surface area contributed by atoms with Crippen molar-refractivity contribution in [2.24, 2.45) is 0 Å². The van der Waals surface area contributed by atoms with Crippen LogP contribution in [-0.4, -0.2) is 33.5 Å². The molecule has 96 valence electrons. The van der Waals surface area contributed by atoms with Gasteiger partial charge in [-0.1, -0.05) is 31.5 Å². The molecule has 1 rings (SSSR count). The Labute approximate surface area is 104 Å². The Morgan fingerprint density at radius 2 is 1.94 bits per heavy atom. The first-order valence-corrected chi connectivity index (χ1v) is 6.27. The van der Waals surface area contributed by atoms with E-state index in [0.29, 0.717) is 19.8 Å². The number of para-hydroxylation sites is 1. The van der Waals surface area contributed by atoms with Crippen molar-refractivity contribution in [1.29, 1.82) is 0 Å². The van der Waals surface area contributed by atoms with Crippen molar-refractivity contribution in [1.82, 2.24) is 0 Å². The average molecular weight is 237 g/mol. The van der Waals surface area contributed by atoms with Crippen LogP contribution in [-0.2, 0) is 15.9 Å². The molecule has 17 heavy (non-hydrogen) atoms. The molecule has 1 N–H and O–H groups in total. The van der Waals surface area contributed by atoms with E-state index in [4.69, 9.17) is 9.47 Å². The molecule has 3 heteroatoms. The van der Waals surface area contributed by atoms with E-state index in [-0.39, 0.29) is 0 Å². The lowest BCUT2D eigenvalue weighted by Gasteiger charge is -2.11. The van der Waals surface area contributed by atoms with Gasteiger partial charge in [0.15, 0.2) is 0 Å². The highest BCUT2D eigenvalue weighted by Gasteiger charge is 1.99. The van der Waals surface area contributed by atoms with E-state index in [0.717, 1.165) is 13.0 Å². The maximum atomic E-state index is 5.41. The van der Waals surface area contributed by atoms with E-state index < -0.39 is 0 Å². The third kappa shape index (κ3) is 5.71. The molecular formula is C14H23NO2. The second-order valence-electron chi connectivity index (χ2n) is 3.94. The Balaban J connectivity index is 2.25. The monoisotopic (exact) mass is 237 g/mol. The van der Waals surface area contributed by atoms with Crippen molar-refractivity contribution in [2.45, 2.75) is 19.8 Å². The van der Waals surface area contributed by atoms with Crippen LogP contribution in [0, 0.1) is 0 Å². The summed E-state index contributed by atoms with van der Waals surface area (Å²) >= 11 is 0. The van der Waals surface area contributed by atoms with Gasteiger partial charge in [-0.05, 0) is 18.1 Å². The van der Waals surface area contributed by atoms with Crippen LogP contribution in [0.5, 0.6) is 0 Å². The highest BCUT2D eigenvalue weighted by molar-refractivity contribution is 5.51. The van der Waals surface area contributed by atoms with Crippen molar-refractivity contribution in [3.63, 3.8) is 0 Å². The first-order valence-electron chi connectivity index (χ1n) is 6.27. The third-order valence-electron chi connectivity index (χ3n) is 2.53. The molecular weight excluding hydrogens is 214 g/mol. The number of methoxy groups -OCH3 is 1. The van der Waals surface area contributed by atoms with Gasteiger partial charge in [0.25, 0.3) is 0 Å². The Morgan fingerprint density at radius 3 is 2.71 bits per heavy atom. The number of anilines is 1. The zero-order valence-corrected chi connectivity index (χ0v) is 10.9. The first kappa shape index (κ1) is 14.0. The first-order chi connectivity index (χ1) is 8.38. The number of ether oxygens (including phenoxy) is 2. The fourth-order valence-corrected chi connectivity index (χ4v) is 1.68. The van der Waals surface area contributed by atoms with Gasteiger partial charge in [0.1, 0.15) is 0 Å². The quantitative estimate of drug-likeness (QED) is 0.670. The zero-order chi connectivity index (χ0) is 12.3. The molecule has 0 bridgehead atoms. The summed E-state index contributed by atoms with van der Waals surface area (Å²) in [5.41, 5.74) is 2.61. The second kappa shape index (κ2) is 9.02. The number of nitrogens with one attached hydrogen (secondary N) is 1. The van der Waals surface area contributed by atoms with Gasteiger partial charge in [-0.25, -0.2) is 0 Å². The molecule has 0 aromatic heterocycles. The van der Waals surface area contributed by atoms with Gasteiger partial charge in [0, 0.05) is 19.3 Å². The highest BCUT2D eigenvalue weighted by atomic mass is 16.5. The second-order valence-corrected chi connectivity index (χ2v) is 3.94. The van der Waals surface area contributed by atoms with Crippen LogP contribution in [0.1, 0.15) is 18.9 Å². The molecule has 0 saturated carbocycles. The molecule has 0 unspecified atom stereocenters. The summed E-state index contributed by atoms with van der Waals surface area (Å²) in [6.45, 7) is 5.07. The van der Waals surface area contributed by atoms with E-state index in [9.17, 15) is 0 Å². The lowest BCUT2D eigenvalue weighted by atomic mass is 10.1. The summed E-state index contributed by atoms with van der Waals surface area (Å²) in [6.07, 6.45) is 2.29.